The van der Waals surface area contributed by atoms with Gasteiger partial charge in [-0.2, -0.15) is 0 Å². The molecule has 17 nitrogen and oxygen atoms in total. The summed E-state index contributed by atoms with van der Waals surface area (Å²) in [6, 6.07) is 5.75. The van der Waals surface area contributed by atoms with Gasteiger partial charge >= 0.3 is 29.8 Å². The van der Waals surface area contributed by atoms with E-state index in [1.54, 1.807) is 0 Å². The van der Waals surface area contributed by atoms with Crippen molar-refractivity contribution in [1.29, 1.82) is 0 Å². The minimum Gasteiger partial charge on any atom is -0.508 e. The number of aliphatic hydroxyl groups is 3. The fourth-order valence-corrected chi connectivity index (χ4v) is 4.55. The molecule has 0 aromatic heterocycles. The van der Waals surface area contributed by atoms with Gasteiger partial charge in [0.05, 0.1) is 0 Å². The van der Waals surface area contributed by atoms with Gasteiger partial charge < -0.3 is 58.3 Å². The maximum atomic E-state index is 13.0. The molecule has 9 atom stereocenters. The van der Waals surface area contributed by atoms with E-state index in [1.807, 2.05) is 0 Å². The molecular weight excluding hydrogens is 620 g/mol. The number of carbonyl (C=O) groups is 5. The number of phenols is 1. The monoisotopic (exact) mass is 656 g/mol. The molecule has 2 heterocycles. The quantitative estimate of drug-likeness (QED) is 0.118. The maximum Gasteiger partial charge on any atom is 0.331 e. The predicted octanol–water partition coefficient (Wildman–Crippen LogP) is -1.14. The lowest BCUT2D eigenvalue weighted by Gasteiger charge is -2.44. The van der Waals surface area contributed by atoms with Crippen LogP contribution >= 0.6 is 0 Å². The van der Waals surface area contributed by atoms with Gasteiger partial charge in [0.2, 0.25) is 12.1 Å². The van der Waals surface area contributed by atoms with Gasteiger partial charge in [0.25, 0.3) is 0 Å². The number of ether oxygens (including phenoxy) is 8. The number of aromatic hydroxyl groups is 1. The SMILES string of the molecule is CC(=O)OCC1OC(OC2(COC(C)=O)OC(COC(C)=O)C(O)C2OC(=O)C=Cc2ccc(O)cc2)C(OC(C)=O)C(O)C1O. The van der Waals surface area contributed by atoms with Crippen molar-refractivity contribution in [3.63, 3.8) is 0 Å². The van der Waals surface area contributed by atoms with E-state index in [0.717, 1.165) is 33.8 Å². The van der Waals surface area contributed by atoms with E-state index in [4.69, 9.17) is 37.9 Å². The first-order chi connectivity index (χ1) is 21.6. The fraction of sp³-hybridized carbons (Fsp3) is 0.552. The van der Waals surface area contributed by atoms with Gasteiger partial charge in [-0.1, -0.05) is 12.1 Å². The molecule has 0 bridgehead atoms. The van der Waals surface area contributed by atoms with Gasteiger partial charge in [-0.05, 0) is 23.8 Å². The van der Waals surface area contributed by atoms with Crippen LogP contribution in [0.3, 0.4) is 0 Å². The molecule has 2 aliphatic heterocycles. The highest BCUT2D eigenvalue weighted by atomic mass is 16.8. The summed E-state index contributed by atoms with van der Waals surface area (Å²) in [5, 5.41) is 42.2. The van der Waals surface area contributed by atoms with E-state index in [1.165, 1.54) is 30.3 Å². The second-order valence-electron chi connectivity index (χ2n) is 10.3. The van der Waals surface area contributed by atoms with Crippen LogP contribution in [-0.4, -0.2) is 125 Å². The molecule has 2 saturated heterocycles. The second-order valence-corrected chi connectivity index (χ2v) is 10.3. The Labute approximate surface area is 262 Å². The van der Waals surface area contributed by atoms with Crippen LogP contribution in [0.4, 0.5) is 0 Å². The second kappa shape index (κ2) is 15.9. The van der Waals surface area contributed by atoms with Crippen LogP contribution in [0.15, 0.2) is 30.3 Å². The van der Waals surface area contributed by atoms with Crippen molar-refractivity contribution in [3.8, 4) is 5.75 Å². The molecule has 9 unspecified atom stereocenters. The summed E-state index contributed by atoms with van der Waals surface area (Å²) in [4.78, 5) is 59.8. The van der Waals surface area contributed by atoms with Gasteiger partial charge in [0.1, 0.15) is 56.1 Å². The highest BCUT2D eigenvalue weighted by Crippen LogP contribution is 2.39. The smallest absolute Gasteiger partial charge is 0.331 e. The van der Waals surface area contributed by atoms with Gasteiger partial charge in [-0.3, -0.25) is 19.2 Å². The van der Waals surface area contributed by atoms with Crippen LogP contribution in [0.5, 0.6) is 5.75 Å². The van der Waals surface area contributed by atoms with E-state index in [2.05, 4.69) is 0 Å². The largest absolute Gasteiger partial charge is 0.508 e. The molecule has 0 aliphatic carbocycles. The summed E-state index contributed by atoms with van der Waals surface area (Å²) >= 11 is 0. The predicted molar refractivity (Wildman–Crippen MR) is 148 cm³/mol. The number of rotatable bonds is 12. The molecule has 2 aliphatic rings. The first-order valence-electron chi connectivity index (χ1n) is 13.9. The Morgan fingerprint density at radius 3 is 1.93 bits per heavy atom. The Hall–Kier alpha value is -4.13. The van der Waals surface area contributed by atoms with Crippen LogP contribution < -0.4 is 0 Å². The molecule has 1 aromatic rings. The molecule has 0 amide bonds. The summed E-state index contributed by atoms with van der Waals surface area (Å²) in [7, 11) is 0. The van der Waals surface area contributed by atoms with Crippen LogP contribution in [0.25, 0.3) is 6.08 Å². The van der Waals surface area contributed by atoms with E-state index in [0.29, 0.717) is 5.56 Å². The minimum atomic E-state index is -2.48. The lowest BCUT2D eigenvalue weighted by atomic mass is 9.98. The first kappa shape index (κ1) is 36.3. The van der Waals surface area contributed by atoms with E-state index >= 15 is 0 Å². The van der Waals surface area contributed by atoms with E-state index < -0.39 is 104 Å². The number of hydrogen-bond donors (Lipinski definition) is 4. The minimum absolute atomic E-state index is 0.0121. The summed E-state index contributed by atoms with van der Waals surface area (Å²) < 4.78 is 43.3. The molecule has 1 aromatic carbocycles. The Balaban J connectivity index is 2.02. The molecule has 17 heteroatoms. The number of phenolic OH excluding ortho intramolecular Hbond substituents is 1. The third kappa shape index (κ3) is 9.68. The lowest BCUT2D eigenvalue weighted by molar-refractivity contribution is -0.384. The average molecular weight is 657 g/mol. The van der Waals surface area contributed by atoms with Crippen molar-refractivity contribution in [2.75, 3.05) is 19.8 Å². The Kier molecular flexibility index (Phi) is 12.6. The zero-order chi connectivity index (χ0) is 34.2. The zero-order valence-corrected chi connectivity index (χ0v) is 25.3. The first-order valence-corrected chi connectivity index (χ1v) is 13.9. The average Bonchev–Trinajstić information content (AvgIpc) is 3.23. The van der Waals surface area contributed by atoms with E-state index in [9.17, 15) is 44.4 Å². The molecule has 4 N–H and O–H groups in total. The topological polar surface area (TPSA) is 240 Å². The third-order valence-corrected chi connectivity index (χ3v) is 6.66. The number of esters is 5. The Morgan fingerprint density at radius 2 is 1.37 bits per heavy atom. The molecule has 254 valence electrons. The summed E-state index contributed by atoms with van der Waals surface area (Å²) in [6.07, 6.45) is -11.6. The number of carbonyl (C=O) groups excluding carboxylic acids is 5. The molecule has 0 spiro atoms. The van der Waals surface area contributed by atoms with Crippen molar-refractivity contribution < 1.29 is 82.3 Å². The highest BCUT2D eigenvalue weighted by molar-refractivity contribution is 5.87. The molecule has 0 saturated carbocycles. The normalized spacial score (nSPS) is 30.8. The standard InChI is InChI=1S/C29H36O17/c1-14(30)39-11-20-23(36)25(38)26(42-17(4)33)28(43-20)46-29(13-41-16(3)32)27(24(37)21(45-29)12-40-15(2)31)44-22(35)10-7-18-5-8-19(34)9-6-18/h5-10,20-21,23-28,34,36-38H,11-13H2,1-4H3. The number of aliphatic hydroxyl groups excluding tert-OH is 3. The molecule has 3 rings (SSSR count). The Bertz CT molecular complexity index is 1280. The van der Waals surface area contributed by atoms with Crippen molar-refractivity contribution in [2.24, 2.45) is 0 Å². The highest BCUT2D eigenvalue weighted by Gasteiger charge is 2.62. The van der Waals surface area contributed by atoms with Gasteiger partial charge in [-0.25, -0.2) is 4.79 Å². The van der Waals surface area contributed by atoms with Crippen LogP contribution in [-0.2, 0) is 61.9 Å². The summed E-state index contributed by atoms with van der Waals surface area (Å²) in [6.45, 7) is 2.13. The van der Waals surface area contributed by atoms with Crippen LogP contribution in [0, 0.1) is 0 Å². The summed E-state index contributed by atoms with van der Waals surface area (Å²) in [5.41, 5.74) is 0.485. The van der Waals surface area contributed by atoms with E-state index in [-0.39, 0.29) is 5.75 Å². The Morgan fingerprint density at radius 1 is 0.783 bits per heavy atom. The van der Waals surface area contributed by atoms with Crippen molar-refractivity contribution in [1.82, 2.24) is 0 Å². The molecule has 46 heavy (non-hydrogen) atoms. The zero-order valence-electron chi connectivity index (χ0n) is 25.3. The third-order valence-electron chi connectivity index (χ3n) is 6.66. The van der Waals surface area contributed by atoms with Crippen molar-refractivity contribution in [3.05, 3.63) is 35.9 Å². The van der Waals surface area contributed by atoms with Crippen LogP contribution in [0.2, 0.25) is 0 Å². The molecular formula is C29H36O17. The van der Waals surface area contributed by atoms with Gasteiger partial charge in [-0.15, -0.1) is 0 Å². The number of hydrogen-bond acceptors (Lipinski definition) is 17. The lowest BCUT2D eigenvalue weighted by Crippen LogP contribution is -2.64. The van der Waals surface area contributed by atoms with Crippen LogP contribution in [0.1, 0.15) is 33.3 Å². The van der Waals surface area contributed by atoms with Gasteiger partial charge in [0, 0.05) is 33.8 Å². The molecule has 0 radical (unpaired) electrons. The summed E-state index contributed by atoms with van der Waals surface area (Å²) in [5.74, 6) is -6.87. The number of benzene rings is 1. The van der Waals surface area contributed by atoms with Crippen molar-refractivity contribution in [2.45, 2.75) is 82.5 Å². The maximum absolute atomic E-state index is 13.0. The molecule has 2 fully saturated rings. The van der Waals surface area contributed by atoms with Gasteiger partial charge in [0.15, 0.2) is 12.2 Å². The fourth-order valence-electron chi connectivity index (χ4n) is 4.55. The van der Waals surface area contributed by atoms with Crippen molar-refractivity contribution >= 4 is 35.9 Å².